The molecule has 1 aliphatic rings. The van der Waals surface area contributed by atoms with Crippen molar-refractivity contribution in [2.45, 2.75) is 19.1 Å². The van der Waals surface area contributed by atoms with Crippen LogP contribution in [0.3, 0.4) is 0 Å². The highest BCUT2D eigenvalue weighted by Gasteiger charge is 2.40. The Kier molecular flexibility index (Phi) is 2.83. The van der Waals surface area contributed by atoms with Gasteiger partial charge >= 0.3 is 6.09 Å². The Morgan fingerprint density at radius 3 is 3.12 bits per heavy atom. The maximum atomic E-state index is 10.7. The summed E-state index contributed by atoms with van der Waals surface area (Å²) in [6.07, 6.45) is 0.386. The first kappa shape index (κ1) is 11.2. The van der Waals surface area contributed by atoms with Crippen LogP contribution >= 0.6 is 0 Å². The number of pyridine rings is 1. The highest BCUT2D eigenvalue weighted by Crippen LogP contribution is 2.23. The number of aromatic nitrogens is 1. The fourth-order valence-corrected chi connectivity index (χ4v) is 1.68. The van der Waals surface area contributed by atoms with Crippen LogP contribution in [0.5, 0.6) is 5.75 Å². The summed E-state index contributed by atoms with van der Waals surface area (Å²) in [5.41, 5.74) is 0.282. The van der Waals surface area contributed by atoms with Crippen molar-refractivity contribution in [3.63, 3.8) is 0 Å². The van der Waals surface area contributed by atoms with Gasteiger partial charge in [-0.3, -0.25) is 4.90 Å². The van der Waals surface area contributed by atoms with Gasteiger partial charge in [0.15, 0.2) is 0 Å². The summed E-state index contributed by atoms with van der Waals surface area (Å²) in [4.78, 5) is 15.8. The van der Waals surface area contributed by atoms with Gasteiger partial charge in [0.05, 0.1) is 12.6 Å². The third kappa shape index (κ3) is 2.13. The van der Waals surface area contributed by atoms with Crippen molar-refractivity contribution < 1.29 is 14.6 Å². The van der Waals surface area contributed by atoms with Gasteiger partial charge in [-0.15, -0.1) is 0 Å². The van der Waals surface area contributed by atoms with Crippen LogP contribution in [0.15, 0.2) is 18.3 Å². The number of nitriles is 1. The van der Waals surface area contributed by atoms with Gasteiger partial charge in [-0.25, -0.2) is 9.78 Å². The Morgan fingerprint density at radius 1 is 1.76 bits per heavy atom. The molecule has 1 aromatic rings. The lowest BCUT2D eigenvalue weighted by Gasteiger charge is -2.43. The predicted molar refractivity (Wildman–Crippen MR) is 57.6 cm³/mol. The van der Waals surface area contributed by atoms with E-state index in [4.69, 9.17) is 15.1 Å². The van der Waals surface area contributed by atoms with E-state index in [9.17, 15) is 4.79 Å². The van der Waals surface area contributed by atoms with Gasteiger partial charge < -0.3 is 9.84 Å². The molecule has 1 aliphatic heterocycles. The molecule has 1 N–H and O–H groups in total. The third-order valence-corrected chi connectivity index (χ3v) is 2.79. The van der Waals surface area contributed by atoms with E-state index in [0.717, 1.165) is 0 Å². The quantitative estimate of drug-likeness (QED) is 0.826. The zero-order valence-electron chi connectivity index (χ0n) is 9.20. The SMILES string of the molecule is C[C@H]1[C@@H](Oc2ccnc(C#N)c2)CN1C(=O)O. The molecule has 17 heavy (non-hydrogen) atoms. The first-order chi connectivity index (χ1) is 8.11. The van der Waals surface area contributed by atoms with Gasteiger partial charge in [0.25, 0.3) is 0 Å². The molecule has 1 aromatic heterocycles. The first-order valence-corrected chi connectivity index (χ1v) is 5.14. The molecule has 0 radical (unpaired) electrons. The molecule has 0 aliphatic carbocycles. The minimum atomic E-state index is -0.940. The normalized spacial score (nSPS) is 22.5. The maximum absolute atomic E-state index is 10.7. The molecule has 0 saturated carbocycles. The Hall–Kier alpha value is -2.29. The number of likely N-dealkylation sites (tertiary alicyclic amines) is 1. The molecule has 1 fully saturated rings. The molecule has 0 spiro atoms. The van der Waals surface area contributed by atoms with Crippen molar-refractivity contribution in [3.05, 3.63) is 24.0 Å². The Morgan fingerprint density at radius 2 is 2.53 bits per heavy atom. The molecule has 0 aromatic carbocycles. The minimum absolute atomic E-state index is 0.167. The van der Waals surface area contributed by atoms with Gasteiger partial charge in [0.2, 0.25) is 0 Å². The summed E-state index contributed by atoms with van der Waals surface area (Å²) in [6.45, 7) is 2.13. The number of carboxylic acid groups (broad SMARTS) is 1. The van der Waals surface area contributed by atoms with Crippen LogP contribution < -0.4 is 4.74 Å². The van der Waals surface area contributed by atoms with Gasteiger partial charge in [-0.05, 0) is 13.0 Å². The Balaban J connectivity index is 1.99. The number of amides is 1. The van der Waals surface area contributed by atoms with E-state index in [-0.39, 0.29) is 17.8 Å². The lowest BCUT2D eigenvalue weighted by Crippen LogP contribution is -2.62. The van der Waals surface area contributed by atoms with Crippen LogP contribution in [0.1, 0.15) is 12.6 Å². The summed E-state index contributed by atoms with van der Waals surface area (Å²) in [5, 5.41) is 17.5. The second kappa shape index (κ2) is 4.29. The van der Waals surface area contributed by atoms with E-state index in [2.05, 4.69) is 4.98 Å². The van der Waals surface area contributed by atoms with Gasteiger partial charge in [0, 0.05) is 12.3 Å². The highest BCUT2D eigenvalue weighted by atomic mass is 16.5. The van der Waals surface area contributed by atoms with E-state index in [1.165, 1.54) is 17.2 Å². The zero-order valence-corrected chi connectivity index (χ0v) is 9.20. The van der Waals surface area contributed by atoms with Crippen LogP contribution in [-0.2, 0) is 0 Å². The molecular weight excluding hydrogens is 222 g/mol. The number of hydrogen-bond acceptors (Lipinski definition) is 4. The smallest absolute Gasteiger partial charge is 0.407 e. The van der Waals surface area contributed by atoms with Crippen molar-refractivity contribution in [1.82, 2.24) is 9.88 Å². The number of rotatable bonds is 2. The molecule has 0 unspecified atom stereocenters. The van der Waals surface area contributed by atoms with Gasteiger partial charge in [-0.2, -0.15) is 5.26 Å². The topological polar surface area (TPSA) is 86.5 Å². The average Bonchev–Trinajstić information content (AvgIpc) is 2.33. The summed E-state index contributed by atoms with van der Waals surface area (Å²) in [7, 11) is 0. The number of hydrogen-bond donors (Lipinski definition) is 1. The summed E-state index contributed by atoms with van der Waals surface area (Å²) < 4.78 is 5.59. The van der Waals surface area contributed by atoms with Crippen molar-refractivity contribution in [2.24, 2.45) is 0 Å². The van der Waals surface area contributed by atoms with Crippen LogP contribution in [0, 0.1) is 11.3 Å². The monoisotopic (exact) mass is 233 g/mol. The van der Waals surface area contributed by atoms with Crippen molar-refractivity contribution in [2.75, 3.05) is 6.54 Å². The van der Waals surface area contributed by atoms with Crippen LogP contribution in [0.4, 0.5) is 4.79 Å². The largest absolute Gasteiger partial charge is 0.486 e. The standard InChI is InChI=1S/C11H11N3O3/c1-7-10(6-14(7)11(15)16)17-9-2-3-13-8(4-9)5-12/h2-4,7,10H,6H2,1H3,(H,15,16)/t7-,10-/m0/s1. The lowest BCUT2D eigenvalue weighted by atomic mass is 10.0. The molecule has 0 bridgehead atoms. The molecule has 2 atom stereocenters. The molecule has 1 amide bonds. The Bertz CT molecular complexity index is 483. The molecule has 6 heteroatoms. The van der Waals surface area contributed by atoms with E-state index >= 15 is 0 Å². The summed E-state index contributed by atoms with van der Waals surface area (Å²) in [6, 6.07) is 4.93. The Labute approximate surface area is 98.1 Å². The summed E-state index contributed by atoms with van der Waals surface area (Å²) in [5.74, 6) is 0.540. The third-order valence-electron chi connectivity index (χ3n) is 2.79. The molecular formula is C11H11N3O3. The molecule has 1 saturated heterocycles. The number of carbonyl (C=O) groups is 1. The van der Waals surface area contributed by atoms with E-state index < -0.39 is 6.09 Å². The number of ether oxygens (including phenoxy) is 1. The highest BCUT2D eigenvalue weighted by molar-refractivity contribution is 5.66. The maximum Gasteiger partial charge on any atom is 0.407 e. The fraction of sp³-hybridized carbons (Fsp3) is 0.364. The minimum Gasteiger partial charge on any atom is -0.486 e. The lowest BCUT2D eigenvalue weighted by molar-refractivity contribution is -0.0225. The second-order valence-electron chi connectivity index (χ2n) is 3.82. The van der Waals surface area contributed by atoms with Gasteiger partial charge in [-0.1, -0.05) is 0 Å². The first-order valence-electron chi connectivity index (χ1n) is 5.14. The summed E-state index contributed by atoms with van der Waals surface area (Å²) >= 11 is 0. The van der Waals surface area contributed by atoms with Crippen molar-refractivity contribution in [1.29, 1.82) is 5.26 Å². The van der Waals surface area contributed by atoms with Crippen LogP contribution in [-0.4, -0.2) is 39.8 Å². The average molecular weight is 233 g/mol. The van der Waals surface area contributed by atoms with Crippen molar-refractivity contribution >= 4 is 6.09 Å². The zero-order chi connectivity index (χ0) is 12.4. The van der Waals surface area contributed by atoms with Crippen LogP contribution in [0.25, 0.3) is 0 Å². The van der Waals surface area contributed by atoms with E-state index in [1.54, 1.807) is 13.0 Å². The predicted octanol–water partition coefficient (Wildman–Crippen LogP) is 1.08. The van der Waals surface area contributed by atoms with E-state index in [1.807, 2.05) is 6.07 Å². The fourth-order valence-electron chi connectivity index (χ4n) is 1.68. The van der Waals surface area contributed by atoms with Crippen molar-refractivity contribution in [3.8, 4) is 11.8 Å². The molecule has 6 nitrogen and oxygen atoms in total. The van der Waals surface area contributed by atoms with E-state index in [0.29, 0.717) is 12.3 Å². The molecule has 2 rings (SSSR count). The second-order valence-corrected chi connectivity index (χ2v) is 3.82. The van der Waals surface area contributed by atoms with Gasteiger partial charge in [0.1, 0.15) is 23.6 Å². The number of nitrogens with zero attached hydrogens (tertiary/aromatic N) is 3. The molecule has 2 heterocycles. The molecule has 88 valence electrons. The van der Waals surface area contributed by atoms with Crippen LogP contribution in [0.2, 0.25) is 0 Å².